The first-order valence-corrected chi connectivity index (χ1v) is 12.8. The Hall–Kier alpha value is -2.65. The van der Waals surface area contributed by atoms with Gasteiger partial charge in [-0.25, -0.2) is 4.98 Å². The van der Waals surface area contributed by atoms with E-state index in [0.717, 1.165) is 42.7 Å². The van der Waals surface area contributed by atoms with Gasteiger partial charge in [0.1, 0.15) is 5.75 Å². The summed E-state index contributed by atoms with van der Waals surface area (Å²) >= 11 is 1.73. The fraction of sp³-hybridized carbons (Fsp3) is 0.520. The van der Waals surface area contributed by atoms with Crippen molar-refractivity contribution in [1.82, 2.24) is 24.6 Å². The highest BCUT2D eigenvalue weighted by molar-refractivity contribution is 7.99. The third-order valence-corrected chi connectivity index (χ3v) is 8.35. The molecular formula is C25H31N5O3S. The Morgan fingerprint density at radius 2 is 2.21 bits per heavy atom. The van der Waals surface area contributed by atoms with E-state index in [2.05, 4.69) is 32.2 Å². The lowest BCUT2D eigenvalue weighted by Crippen LogP contribution is -2.28. The van der Waals surface area contributed by atoms with Crippen LogP contribution >= 0.6 is 11.8 Å². The number of ether oxygens (including phenoxy) is 1. The lowest BCUT2D eigenvalue weighted by atomic mass is 9.92. The highest BCUT2D eigenvalue weighted by Gasteiger charge is 2.60. The van der Waals surface area contributed by atoms with Crippen molar-refractivity contribution in [2.24, 2.45) is 13.0 Å². The van der Waals surface area contributed by atoms with E-state index in [0.29, 0.717) is 35.2 Å². The standard InChI is InChI=1S/C25H31N5O3S/c1-5-20(31)19-8-7-17(11-21(19)32-4)25-12-18(25)13-30(14-25)9-6-10-34-24-28-27-23(29(24)3)22-16(2)26-15-33-22/h7-8,11,15,18H,5-6,9-10,12-14H2,1-4H3/t18-,25+/m0/s1. The molecule has 34 heavy (non-hydrogen) atoms. The second-order valence-electron chi connectivity index (χ2n) is 9.32. The molecule has 3 aromatic rings. The molecule has 0 unspecified atom stereocenters. The first-order valence-electron chi connectivity index (χ1n) is 11.8. The number of methoxy groups -OCH3 is 1. The van der Waals surface area contributed by atoms with Gasteiger partial charge < -0.3 is 18.6 Å². The number of rotatable bonds is 10. The van der Waals surface area contributed by atoms with Gasteiger partial charge in [0, 0.05) is 37.7 Å². The van der Waals surface area contributed by atoms with Crippen molar-refractivity contribution in [2.45, 2.75) is 43.7 Å². The summed E-state index contributed by atoms with van der Waals surface area (Å²) in [5.74, 6) is 3.90. The highest BCUT2D eigenvalue weighted by atomic mass is 32.2. The summed E-state index contributed by atoms with van der Waals surface area (Å²) in [5.41, 5.74) is 3.05. The summed E-state index contributed by atoms with van der Waals surface area (Å²) < 4.78 is 13.0. The van der Waals surface area contributed by atoms with Gasteiger partial charge in [0.2, 0.25) is 5.82 Å². The van der Waals surface area contributed by atoms with Crippen molar-refractivity contribution in [2.75, 3.05) is 32.5 Å². The van der Waals surface area contributed by atoms with Crippen LogP contribution in [0.2, 0.25) is 0 Å². The number of oxazole rings is 1. The molecular weight excluding hydrogens is 450 g/mol. The van der Waals surface area contributed by atoms with Crippen LogP contribution in [0.4, 0.5) is 0 Å². The molecule has 2 aliphatic rings. The van der Waals surface area contributed by atoms with Crippen molar-refractivity contribution >= 4 is 17.5 Å². The number of piperidine rings is 1. The van der Waals surface area contributed by atoms with Gasteiger partial charge in [-0.05, 0) is 49.9 Å². The van der Waals surface area contributed by atoms with Gasteiger partial charge in [-0.3, -0.25) is 4.79 Å². The number of ketones is 1. The van der Waals surface area contributed by atoms with E-state index in [1.807, 2.05) is 31.5 Å². The minimum Gasteiger partial charge on any atom is -0.496 e. The summed E-state index contributed by atoms with van der Waals surface area (Å²) in [6.07, 6.45) is 4.24. The number of benzene rings is 1. The molecule has 1 saturated carbocycles. The van der Waals surface area contributed by atoms with Crippen molar-refractivity contribution in [3.63, 3.8) is 0 Å². The molecule has 3 heterocycles. The van der Waals surface area contributed by atoms with Crippen LogP contribution in [0.1, 0.15) is 47.8 Å². The molecule has 180 valence electrons. The SMILES string of the molecule is CCC(=O)c1ccc([C@]23C[C@H]2CN(CCCSc2nnc(-c4ocnc4C)n2C)C3)cc1OC. The van der Waals surface area contributed by atoms with Crippen LogP contribution in [-0.4, -0.2) is 62.9 Å². The van der Waals surface area contributed by atoms with Gasteiger partial charge in [0.05, 0.1) is 18.4 Å². The van der Waals surface area contributed by atoms with E-state index in [1.54, 1.807) is 18.9 Å². The lowest BCUT2D eigenvalue weighted by Gasteiger charge is -2.21. The molecule has 0 radical (unpaired) electrons. The first-order chi connectivity index (χ1) is 16.5. The van der Waals surface area contributed by atoms with E-state index in [1.165, 1.54) is 18.4 Å². The number of thioether (sulfide) groups is 1. The number of carbonyl (C=O) groups is 1. The predicted molar refractivity (Wildman–Crippen MR) is 130 cm³/mol. The zero-order valence-corrected chi connectivity index (χ0v) is 21.0. The second kappa shape index (κ2) is 9.19. The molecule has 5 rings (SSSR count). The first kappa shape index (κ1) is 23.1. The van der Waals surface area contributed by atoms with Crippen LogP contribution in [0.5, 0.6) is 5.75 Å². The summed E-state index contributed by atoms with van der Waals surface area (Å²) in [5, 5.41) is 9.51. The smallest absolute Gasteiger partial charge is 0.202 e. The Bertz CT molecular complexity index is 1210. The number of carbonyl (C=O) groups excluding carboxylic acids is 1. The van der Waals surface area contributed by atoms with Gasteiger partial charge in [-0.15, -0.1) is 10.2 Å². The molecule has 0 N–H and O–H groups in total. The molecule has 8 nitrogen and oxygen atoms in total. The molecule has 2 fully saturated rings. The molecule has 1 saturated heterocycles. The van der Waals surface area contributed by atoms with Crippen molar-refractivity contribution in [1.29, 1.82) is 0 Å². The largest absolute Gasteiger partial charge is 0.496 e. The summed E-state index contributed by atoms with van der Waals surface area (Å²) in [7, 11) is 3.62. The number of hydrogen-bond acceptors (Lipinski definition) is 8. The van der Waals surface area contributed by atoms with E-state index in [9.17, 15) is 4.79 Å². The minimum atomic E-state index is 0.129. The zero-order chi connectivity index (χ0) is 23.9. The van der Waals surface area contributed by atoms with Gasteiger partial charge in [-0.2, -0.15) is 0 Å². The third kappa shape index (κ3) is 4.05. The van der Waals surface area contributed by atoms with Crippen LogP contribution in [0.15, 0.2) is 34.2 Å². The molecule has 1 aromatic carbocycles. The fourth-order valence-electron chi connectivity index (χ4n) is 5.23. The van der Waals surface area contributed by atoms with Crippen molar-refractivity contribution < 1.29 is 13.9 Å². The van der Waals surface area contributed by atoms with Crippen LogP contribution in [-0.2, 0) is 12.5 Å². The average molecular weight is 482 g/mol. The predicted octanol–water partition coefficient (Wildman–Crippen LogP) is 4.14. The quantitative estimate of drug-likeness (QED) is 0.243. The van der Waals surface area contributed by atoms with Crippen LogP contribution in [0.3, 0.4) is 0 Å². The molecule has 1 aliphatic carbocycles. The highest BCUT2D eigenvalue weighted by Crippen LogP contribution is 2.59. The minimum absolute atomic E-state index is 0.129. The molecule has 0 amide bonds. The molecule has 2 atom stereocenters. The average Bonchev–Trinajstić information content (AvgIpc) is 3.13. The molecule has 1 aliphatic heterocycles. The number of aryl methyl sites for hydroxylation is 1. The molecule has 9 heteroatoms. The van der Waals surface area contributed by atoms with Crippen molar-refractivity contribution in [3.8, 4) is 17.3 Å². The van der Waals surface area contributed by atoms with Crippen LogP contribution < -0.4 is 4.74 Å². The maximum Gasteiger partial charge on any atom is 0.202 e. The van der Waals surface area contributed by atoms with Crippen LogP contribution in [0.25, 0.3) is 11.6 Å². The molecule has 0 bridgehead atoms. The molecule has 2 aromatic heterocycles. The Morgan fingerprint density at radius 3 is 2.94 bits per heavy atom. The number of Topliss-reactive ketones (excluding diaryl/α,β-unsaturated/α-hetero) is 1. The maximum atomic E-state index is 12.2. The van der Waals surface area contributed by atoms with E-state index >= 15 is 0 Å². The van der Waals surface area contributed by atoms with Crippen molar-refractivity contribution in [3.05, 3.63) is 41.4 Å². The number of aromatic nitrogens is 4. The number of likely N-dealkylation sites (tertiary alicyclic amines) is 1. The van der Waals surface area contributed by atoms with E-state index in [4.69, 9.17) is 9.15 Å². The summed E-state index contributed by atoms with van der Waals surface area (Å²) in [6.45, 7) is 7.08. The van der Waals surface area contributed by atoms with Crippen LogP contribution in [0, 0.1) is 12.8 Å². The summed E-state index contributed by atoms with van der Waals surface area (Å²) in [4.78, 5) is 18.9. The normalized spacial score (nSPS) is 21.6. The Morgan fingerprint density at radius 1 is 1.35 bits per heavy atom. The monoisotopic (exact) mass is 481 g/mol. The maximum absolute atomic E-state index is 12.2. The fourth-order valence-corrected chi connectivity index (χ4v) is 6.07. The third-order valence-electron chi connectivity index (χ3n) is 7.25. The Kier molecular flexibility index (Phi) is 6.24. The topological polar surface area (TPSA) is 86.3 Å². The van der Waals surface area contributed by atoms with E-state index in [-0.39, 0.29) is 11.2 Å². The van der Waals surface area contributed by atoms with E-state index < -0.39 is 0 Å². The van der Waals surface area contributed by atoms with Gasteiger partial charge >= 0.3 is 0 Å². The van der Waals surface area contributed by atoms with Gasteiger partial charge in [0.15, 0.2) is 23.1 Å². The number of fused-ring (bicyclic) bond motifs is 1. The zero-order valence-electron chi connectivity index (χ0n) is 20.2. The second-order valence-corrected chi connectivity index (χ2v) is 10.4. The van der Waals surface area contributed by atoms with Gasteiger partial charge in [0.25, 0.3) is 0 Å². The molecule has 0 spiro atoms. The van der Waals surface area contributed by atoms with Gasteiger partial charge in [-0.1, -0.05) is 24.8 Å². The lowest BCUT2D eigenvalue weighted by molar-refractivity contribution is 0.0985. The Labute approximate surface area is 204 Å². The number of nitrogens with zero attached hydrogens (tertiary/aromatic N) is 5. The summed E-state index contributed by atoms with van der Waals surface area (Å²) in [6, 6.07) is 6.20. The Balaban J connectivity index is 1.15. The number of hydrogen-bond donors (Lipinski definition) is 0.